The molecule has 0 unspecified atom stereocenters. The van der Waals surface area contributed by atoms with E-state index in [1.54, 1.807) is 0 Å². The van der Waals surface area contributed by atoms with Gasteiger partial charge in [0.15, 0.2) is 0 Å². The molecule has 2 fully saturated rings. The van der Waals surface area contributed by atoms with E-state index in [9.17, 15) is 9.59 Å². The molecular formula is C18H29ClO4. The Morgan fingerprint density at radius 3 is 2.52 bits per heavy atom. The highest BCUT2D eigenvalue weighted by atomic mass is 35.5. The minimum absolute atomic E-state index is 0.0333. The van der Waals surface area contributed by atoms with Crippen LogP contribution in [-0.4, -0.2) is 30.0 Å². The lowest BCUT2D eigenvalue weighted by atomic mass is 9.45. The number of esters is 1. The number of fused-ring (bicyclic) bond motifs is 1. The van der Waals surface area contributed by atoms with Crippen molar-refractivity contribution in [3.8, 4) is 0 Å². The number of carboxylic acid groups (broad SMARTS) is 1. The van der Waals surface area contributed by atoms with Crippen molar-refractivity contribution in [3.05, 3.63) is 0 Å². The molecule has 0 amide bonds. The molecule has 0 saturated heterocycles. The van der Waals surface area contributed by atoms with Gasteiger partial charge in [-0.15, -0.1) is 11.6 Å². The molecule has 5 atom stereocenters. The zero-order chi connectivity index (χ0) is 17.3. The van der Waals surface area contributed by atoms with Crippen LogP contribution in [0.4, 0.5) is 0 Å². The van der Waals surface area contributed by atoms with E-state index in [-0.39, 0.29) is 29.6 Å². The van der Waals surface area contributed by atoms with Crippen LogP contribution in [0.1, 0.15) is 58.8 Å². The van der Waals surface area contributed by atoms with Crippen LogP contribution in [-0.2, 0) is 14.3 Å². The molecule has 0 aromatic rings. The second kappa shape index (κ2) is 7.00. The monoisotopic (exact) mass is 344 g/mol. The quantitative estimate of drug-likeness (QED) is 0.602. The van der Waals surface area contributed by atoms with Crippen LogP contribution in [0.15, 0.2) is 0 Å². The fourth-order valence-corrected chi connectivity index (χ4v) is 6.00. The molecule has 0 heterocycles. The van der Waals surface area contributed by atoms with Crippen molar-refractivity contribution in [2.75, 3.05) is 13.0 Å². The van der Waals surface area contributed by atoms with E-state index >= 15 is 0 Å². The van der Waals surface area contributed by atoms with Gasteiger partial charge < -0.3 is 9.84 Å². The summed E-state index contributed by atoms with van der Waals surface area (Å²) in [7, 11) is 1.46. The van der Waals surface area contributed by atoms with Gasteiger partial charge in [-0.1, -0.05) is 13.3 Å². The number of carbonyl (C=O) groups excluding carboxylic acids is 1. The van der Waals surface area contributed by atoms with Gasteiger partial charge in [-0.25, -0.2) is 0 Å². The Kier molecular flexibility index (Phi) is 5.65. The maximum absolute atomic E-state index is 12.5. The van der Waals surface area contributed by atoms with E-state index in [0.717, 1.165) is 32.1 Å². The molecule has 2 rings (SSSR count). The Morgan fingerprint density at radius 2 is 1.96 bits per heavy atom. The fraction of sp³-hybridized carbons (Fsp3) is 0.889. The normalized spacial score (nSPS) is 40.3. The third-order valence-corrected chi connectivity index (χ3v) is 7.13. The summed E-state index contributed by atoms with van der Waals surface area (Å²) in [5.41, 5.74) is -0.491. The lowest BCUT2D eigenvalue weighted by molar-refractivity contribution is -0.173. The maximum Gasteiger partial charge on any atom is 0.311 e. The first kappa shape index (κ1) is 18.6. The van der Waals surface area contributed by atoms with E-state index in [1.165, 1.54) is 7.11 Å². The first-order chi connectivity index (χ1) is 10.8. The van der Waals surface area contributed by atoms with Gasteiger partial charge in [-0.05, 0) is 62.2 Å². The third-order valence-electron chi connectivity index (χ3n) is 6.74. The maximum atomic E-state index is 12.5. The Bertz CT molecular complexity index is 466. The molecule has 0 aromatic carbocycles. The topological polar surface area (TPSA) is 63.6 Å². The number of aliphatic carboxylic acids is 1. The Hall–Kier alpha value is -0.770. The Morgan fingerprint density at radius 1 is 1.26 bits per heavy atom. The van der Waals surface area contributed by atoms with Gasteiger partial charge in [-0.3, -0.25) is 9.59 Å². The minimum Gasteiger partial charge on any atom is -0.481 e. The van der Waals surface area contributed by atoms with Crippen molar-refractivity contribution >= 4 is 23.5 Å². The first-order valence-corrected chi connectivity index (χ1v) is 9.19. The lowest BCUT2D eigenvalue weighted by Crippen LogP contribution is -2.55. The van der Waals surface area contributed by atoms with Gasteiger partial charge in [-0.2, -0.15) is 0 Å². The van der Waals surface area contributed by atoms with Crippen LogP contribution in [0.25, 0.3) is 0 Å². The molecule has 23 heavy (non-hydrogen) atoms. The van der Waals surface area contributed by atoms with Crippen molar-refractivity contribution in [1.82, 2.24) is 0 Å². The molecule has 1 N–H and O–H groups in total. The van der Waals surface area contributed by atoms with E-state index in [0.29, 0.717) is 18.2 Å². The summed E-state index contributed by atoms with van der Waals surface area (Å²) in [6.45, 7) is 4.29. The van der Waals surface area contributed by atoms with Crippen molar-refractivity contribution in [3.63, 3.8) is 0 Å². The summed E-state index contributed by atoms with van der Waals surface area (Å²) in [4.78, 5) is 23.5. The second-order valence-corrected chi connectivity index (χ2v) is 8.16. The number of alkyl halides is 1. The number of hydrogen-bond acceptors (Lipinski definition) is 3. The number of ether oxygens (including phenoxy) is 1. The zero-order valence-corrected chi connectivity index (χ0v) is 15.2. The summed E-state index contributed by atoms with van der Waals surface area (Å²) < 4.78 is 5.11. The van der Waals surface area contributed by atoms with Crippen molar-refractivity contribution in [2.45, 2.75) is 58.8 Å². The number of halogens is 1. The average Bonchev–Trinajstić information content (AvgIpc) is 2.51. The van der Waals surface area contributed by atoms with Crippen LogP contribution in [0.2, 0.25) is 0 Å². The van der Waals surface area contributed by atoms with Crippen LogP contribution in [0, 0.1) is 28.6 Å². The SMILES string of the molecule is COC(=O)[C@]1(C)CCC[C@@]2(C)[C@H]1CC[C@@H](CCl)[C@@H]2CCC(=O)O. The highest BCUT2D eigenvalue weighted by Gasteiger charge is 2.58. The molecule has 4 nitrogen and oxygen atoms in total. The van der Waals surface area contributed by atoms with E-state index in [2.05, 4.69) is 6.92 Å². The first-order valence-electron chi connectivity index (χ1n) is 8.65. The number of methoxy groups -OCH3 is 1. The smallest absolute Gasteiger partial charge is 0.311 e. The van der Waals surface area contributed by atoms with E-state index in [4.69, 9.17) is 21.4 Å². The van der Waals surface area contributed by atoms with Gasteiger partial charge in [0.25, 0.3) is 0 Å². The predicted octanol–water partition coefficient (Wildman–Crippen LogP) is 4.10. The highest BCUT2D eigenvalue weighted by Crippen LogP contribution is 2.62. The molecular weight excluding hydrogens is 316 g/mol. The summed E-state index contributed by atoms with van der Waals surface area (Å²) in [6.07, 6.45) is 5.66. The number of carboxylic acids is 1. The summed E-state index contributed by atoms with van der Waals surface area (Å²) in [5, 5.41) is 9.10. The molecule has 2 saturated carbocycles. The predicted molar refractivity (Wildman–Crippen MR) is 89.4 cm³/mol. The molecule has 0 radical (unpaired) electrons. The van der Waals surface area contributed by atoms with Gasteiger partial charge in [0.2, 0.25) is 0 Å². The van der Waals surface area contributed by atoms with Gasteiger partial charge in [0.05, 0.1) is 12.5 Å². The van der Waals surface area contributed by atoms with Gasteiger partial charge in [0.1, 0.15) is 0 Å². The molecule has 2 aliphatic carbocycles. The van der Waals surface area contributed by atoms with Crippen LogP contribution < -0.4 is 0 Å². The van der Waals surface area contributed by atoms with Crippen LogP contribution in [0.3, 0.4) is 0 Å². The highest BCUT2D eigenvalue weighted by molar-refractivity contribution is 6.18. The third kappa shape index (κ3) is 3.24. The van der Waals surface area contributed by atoms with Gasteiger partial charge in [0, 0.05) is 12.3 Å². The minimum atomic E-state index is -0.754. The lowest BCUT2D eigenvalue weighted by Gasteiger charge is -2.59. The summed E-state index contributed by atoms with van der Waals surface area (Å²) >= 11 is 6.21. The van der Waals surface area contributed by atoms with Crippen LogP contribution in [0.5, 0.6) is 0 Å². The summed E-state index contributed by atoms with van der Waals surface area (Å²) in [6, 6.07) is 0. The van der Waals surface area contributed by atoms with Gasteiger partial charge >= 0.3 is 11.9 Å². The van der Waals surface area contributed by atoms with E-state index in [1.807, 2.05) is 6.92 Å². The number of carbonyl (C=O) groups is 2. The summed E-state index contributed by atoms with van der Waals surface area (Å²) in [5.74, 6) is 0.554. The molecule has 0 spiro atoms. The zero-order valence-electron chi connectivity index (χ0n) is 14.4. The Labute approximate surface area is 143 Å². The Balaban J connectivity index is 2.34. The molecule has 2 aliphatic rings. The molecule has 132 valence electrons. The largest absolute Gasteiger partial charge is 0.481 e. The van der Waals surface area contributed by atoms with E-state index < -0.39 is 11.4 Å². The fourth-order valence-electron chi connectivity index (χ4n) is 5.63. The van der Waals surface area contributed by atoms with Crippen LogP contribution >= 0.6 is 11.6 Å². The van der Waals surface area contributed by atoms with Crippen molar-refractivity contribution in [1.29, 1.82) is 0 Å². The molecule has 0 aromatic heterocycles. The number of rotatable bonds is 5. The van der Waals surface area contributed by atoms with Crippen molar-refractivity contribution in [2.24, 2.45) is 28.6 Å². The molecule has 5 heteroatoms. The number of hydrogen-bond donors (Lipinski definition) is 1. The van der Waals surface area contributed by atoms with Crippen molar-refractivity contribution < 1.29 is 19.4 Å². The standard InChI is InChI=1S/C18H29ClO4/c1-17-9-4-10-18(2,16(22)23-3)14(17)7-5-12(11-19)13(17)6-8-15(20)21/h12-14H,4-11H2,1-3H3,(H,20,21)/t12-,13-,14+,17+,18+/m0/s1. The molecule has 0 bridgehead atoms. The molecule has 0 aliphatic heterocycles. The average molecular weight is 345 g/mol. The second-order valence-electron chi connectivity index (χ2n) is 7.85.